The zero-order chi connectivity index (χ0) is 32.6. The van der Waals surface area contributed by atoms with Crippen molar-refractivity contribution in [2.45, 2.75) is 61.4 Å². The number of benzene rings is 3. The highest BCUT2D eigenvalue weighted by Crippen LogP contribution is 2.30. The van der Waals surface area contributed by atoms with Crippen LogP contribution >= 0.6 is 0 Å². The van der Waals surface area contributed by atoms with Gasteiger partial charge in [0, 0.05) is 31.3 Å². The molecular formula is C40H48N4O. The Bertz CT molecular complexity index is 1530. The van der Waals surface area contributed by atoms with Crippen LogP contribution in [0, 0.1) is 41.5 Å². The van der Waals surface area contributed by atoms with E-state index in [2.05, 4.69) is 116 Å². The highest BCUT2D eigenvalue weighted by molar-refractivity contribution is 5.80. The molecule has 1 N–H and O–H groups in total. The second kappa shape index (κ2) is 18.3. The summed E-state index contributed by atoms with van der Waals surface area (Å²) in [5.74, 6) is 0. The van der Waals surface area contributed by atoms with E-state index >= 15 is 0 Å². The molecule has 0 fully saturated rings. The fraction of sp³-hybridized carbons (Fsp3) is 0.275. The Morgan fingerprint density at radius 2 is 1.20 bits per heavy atom. The first-order valence-electron chi connectivity index (χ1n) is 15.6. The molecule has 5 nitrogen and oxygen atoms in total. The van der Waals surface area contributed by atoms with Crippen LogP contribution in [0.5, 0.6) is 0 Å². The number of hydrogen-bond donors (Lipinski definition) is 1. The monoisotopic (exact) mass is 600 g/mol. The molecule has 2 aromatic heterocycles. The molecule has 5 aromatic rings. The predicted octanol–water partition coefficient (Wildman–Crippen LogP) is 10.0. The van der Waals surface area contributed by atoms with Gasteiger partial charge in [-0.25, -0.2) is 0 Å². The maximum atomic E-state index is 4.83. The molecule has 234 valence electrons. The SMILES string of the molecule is CCOCC.Cc1cc(C)c(N=Cc2ccccn2)c(C)c1.Cc1cc(C)c(NC(c2ccccc2)c2ccccn2)c(C)c1. The quantitative estimate of drug-likeness (QED) is 0.180. The number of hydrogen-bond acceptors (Lipinski definition) is 5. The molecule has 0 aliphatic rings. The predicted molar refractivity (Wildman–Crippen MR) is 191 cm³/mol. The zero-order valence-corrected chi connectivity index (χ0v) is 28.1. The van der Waals surface area contributed by atoms with E-state index in [-0.39, 0.29) is 6.04 Å². The number of nitrogens with one attached hydrogen (secondary N) is 1. The van der Waals surface area contributed by atoms with Crippen molar-refractivity contribution in [2.24, 2.45) is 4.99 Å². The van der Waals surface area contributed by atoms with E-state index in [0.717, 1.165) is 30.3 Å². The number of anilines is 1. The molecule has 5 rings (SSSR count). The van der Waals surface area contributed by atoms with Crippen LogP contribution in [0.15, 0.2) is 108 Å². The minimum absolute atomic E-state index is 0.0394. The maximum absolute atomic E-state index is 4.83. The fourth-order valence-electron chi connectivity index (χ4n) is 5.24. The first-order valence-corrected chi connectivity index (χ1v) is 15.6. The third-order valence-corrected chi connectivity index (χ3v) is 7.14. The molecule has 3 aromatic carbocycles. The van der Waals surface area contributed by atoms with Crippen molar-refractivity contribution in [3.8, 4) is 0 Å². The van der Waals surface area contributed by atoms with Gasteiger partial charge in [-0.1, -0.05) is 77.9 Å². The van der Waals surface area contributed by atoms with Crippen LogP contribution in [0.2, 0.25) is 0 Å². The first-order chi connectivity index (χ1) is 21.7. The Balaban J connectivity index is 0.000000221. The Morgan fingerprint density at radius 1 is 0.667 bits per heavy atom. The number of aromatic nitrogens is 2. The van der Waals surface area contributed by atoms with Crippen molar-refractivity contribution in [1.82, 2.24) is 9.97 Å². The van der Waals surface area contributed by atoms with Crippen LogP contribution in [0.1, 0.15) is 70.2 Å². The van der Waals surface area contributed by atoms with Crippen LogP contribution in [0.4, 0.5) is 11.4 Å². The minimum atomic E-state index is 0.0394. The number of nitrogens with zero attached hydrogens (tertiary/aromatic N) is 3. The molecule has 1 atom stereocenters. The van der Waals surface area contributed by atoms with Gasteiger partial charge in [-0.2, -0.15) is 0 Å². The van der Waals surface area contributed by atoms with Crippen LogP contribution in [-0.2, 0) is 4.74 Å². The summed E-state index contributed by atoms with van der Waals surface area (Å²) in [4.78, 5) is 13.3. The van der Waals surface area contributed by atoms with E-state index in [0.29, 0.717) is 0 Å². The van der Waals surface area contributed by atoms with E-state index in [1.54, 1.807) is 6.20 Å². The van der Waals surface area contributed by atoms with Gasteiger partial charge >= 0.3 is 0 Å². The topological polar surface area (TPSA) is 59.4 Å². The molecule has 0 saturated carbocycles. The van der Waals surface area contributed by atoms with Crippen LogP contribution in [0.3, 0.4) is 0 Å². The van der Waals surface area contributed by atoms with E-state index < -0.39 is 0 Å². The second-order valence-corrected chi connectivity index (χ2v) is 11.1. The average Bonchev–Trinajstić information content (AvgIpc) is 3.03. The van der Waals surface area contributed by atoms with Crippen LogP contribution in [-0.4, -0.2) is 29.4 Å². The van der Waals surface area contributed by atoms with E-state index in [9.17, 15) is 0 Å². The van der Waals surface area contributed by atoms with Crippen molar-refractivity contribution >= 4 is 17.6 Å². The molecule has 1 unspecified atom stereocenters. The standard InChI is InChI=1S/C21H22N2.C15H16N2.C4H10O/c1-15-13-16(2)20(17(3)14-15)23-21(18-9-5-4-6-10-18)19-11-7-8-12-22-19;1-11-8-12(2)15(13(3)9-11)17-10-14-6-4-5-7-16-14;1-3-5-4-2/h4-14,21,23H,1-3H3;4-10H,1-3H3;3-4H2,1-2H3. The highest BCUT2D eigenvalue weighted by atomic mass is 16.5. The maximum Gasteiger partial charge on any atom is 0.0940 e. The molecule has 0 radical (unpaired) electrons. The third-order valence-electron chi connectivity index (χ3n) is 7.14. The number of aryl methyl sites for hydroxylation is 6. The average molecular weight is 601 g/mol. The van der Waals surface area contributed by atoms with E-state index in [1.165, 1.54) is 44.6 Å². The van der Waals surface area contributed by atoms with Gasteiger partial charge in [0.15, 0.2) is 0 Å². The number of ether oxygens (including phenoxy) is 1. The van der Waals surface area contributed by atoms with Gasteiger partial charge in [0.1, 0.15) is 0 Å². The van der Waals surface area contributed by atoms with Gasteiger partial charge in [-0.15, -0.1) is 0 Å². The van der Waals surface area contributed by atoms with Crippen LogP contribution < -0.4 is 5.32 Å². The van der Waals surface area contributed by atoms with Gasteiger partial charge in [0.2, 0.25) is 0 Å². The zero-order valence-electron chi connectivity index (χ0n) is 28.1. The van der Waals surface area contributed by atoms with Gasteiger partial charge in [0.05, 0.1) is 29.3 Å². The lowest BCUT2D eigenvalue weighted by Gasteiger charge is -2.23. The molecule has 5 heteroatoms. The lowest BCUT2D eigenvalue weighted by atomic mass is 9.99. The molecule has 0 amide bonds. The molecule has 0 aliphatic heterocycles. The summed E-state index contributed by atoms with van der Waals surface area (Å²) in [5.41, 5.74) is 12.9. The van der Waals surface area contributed by atoms with E-state index in [4.69, 9.17) is 4.74 Å². The smallest absolute Gasteiger partial charge is 0.0940 e. The highest BCUT2D eigenvalue weighted by Gasteiger charge is 2.17. The Hall–Kier alpha value is -4.61. The lowest BCUT2D eigenvalue weighted by Crippen LogP contribution is -2.15. The summed E-state index contributed by atoms with van der Waals surface area (Å²) in [6.45, 7) is 18.4. The third kappa shape index (κ3) is 11.1. The van der Waals surface area contributed by atoms with E-state index in [1.807, 2.05) is 62.7 Å². The normalized spacial score (nSPS) is 11.2. The second-order valence-electron chi connectivity index (χ2n) is 11.1. The molecule has 0 aliphatic carbocycles. The summed E-state index contributed by atoms with van der Waals surface area (Å²) in [6, 6.07) is 31.1. The molecular weight excluding hydrogens is 552 g/mol. The van der Waals surface area contributed by atoms with Crippen molar-refractivity contribution in [3.63, 3.8) is 0 Å². The Kier molecular flexibility index (Phi) is 14.1. The molecule has 0 spiro atoms. The molecule has 0 saturated heterocycles. The minimum Gasteiger partial charge on any atom is -0.382 e. The summed E-state index contributed by atoms with van der Waals surface area (Å²) >= 11 is 0. The number of pyridine rings is 2. The van der Waals surface area contributed by atoms with Crippen molar-refractivity contribution in [2.75, 3.05) is 18.5 Å². The summed E-state index contributed by atoms with van der Waals surface area (Å²) in [7, 11) is 0. The molecule has 45 heavy (non-hydrogen) atoms. The summed E-state index contributed by atoms with van der Waals surface area (Å²) < 4.78 is 4.83. The van der Waals surface area contributed by atoms with Gasteiger partial charge in [-0.3, -0.25) is 15.0 Å². The first kappa shape index (κ1) is 34.9. The van der Waals surface area contributed by atoms with Gasteiger partial charge in [-0.05, 0) is 107 Å². The van der Waals surface area contributed by atoms with Crippen molar-refractivity contribution in [3.05, 3.63) is 154 Å². The summed E-state index contributed by atoms with van der Waals surface area (Å²) in [6.07, 6.45) is 5.43. The van der Waals surface area contributed by atoms with Crippen LogP contribution in [0.25, 0.3) is 0 Å². The Labute approximate surface area is 270 Å². The van der Waals surface area contributed by atoms with Gasteiger partial charge in [0.25, 0.3) is 0 Å². The lowest BCUT2D eigenvalue weighted by molar-refractivity contribution is 0.162. The molecule has 0 bridgehead atoms. The Morgan fingerprint density at radius 3 is 1.69 bits per heavy atom. The van der Waals surface area contributed by atoms with Crippen molar-refractivity contribution in [1.29, 1.82) is 0 Å². The number of aliphatic imine (C=N–C) groups is 1. The summed E-state index contributed by atoms with van der Waals surface area (Å²) in [5, 5.41) is 3.71. The number of rotatable bonds is 8. The fourth-order valence-corrected chi connectivity index (χ4v) is 5.24. The largest absolute Gasteiger partial charge is 0.382 e. The van der Waals surface area contributed by atoms with Gasteiger partial charge < -0.3 is 10.1 Å². The molecule has 2 heterocycles. The van der Waals surface area contributed by atoms with Crippen molar-refractivity contribution < 1.29 is 4.74 Å².